The number of methoxy groups -OCH3 is 2. The number of ether oxygens (including phenoxy) is 5. The largest absolute Gasteiger partial charge is 0.502 e. The summed E-state index contributed by atoms with van der Waals surface area (Å²) in [5, 5.41) is 54.5. The molecule has 8 aliphatic rings. The molecule has 6 N–H and O–H groups in total. The highest BCUT2D eigenvalue weighted by molar-refractivity contribution is 6.13. The first kappa shape index (κ1) is 47.0. The predicted molar refractivity (Wildman–Crippen MR) is 270 cm³/mol. The first-order chi connectivity index (χ1) is 35.1. The van der Waals surface area contributed by atoms with E-state index in [9.17, 15) is 30.0 Å². The Morgan fingerprint density at radius 3 is 2.40 bits per heavy atom. The Balaban J connectivity index is 0.904. The maximum Gasteiger partial charge on any atom is 0.254 e. The highest BCUT2D eigenvalue weighted by atomic mass is 16.5. The van der Waals surface area contributed by atoms with E-state index in [1.165, 1.54) is 30.4 Å². The highest BCUT2D eigenvalue weighted by Gasteiger charge is 2.64. The summed E-state index contributed by atoms with van der Waals surface area (Å²) >= 11 is 0. The standard InChI is InChI=1S/C58H65N3O11/c1-4-59-30-72-44-26-42(68-2)36-15-16-37-49-41(60-56(67)52(44)51(36)49)25-43-50(37)54(65)38(29-71-43)33-23-45(69-3)55(66)46(24-33)70-28-35(27-62)58-34-13-11-31-9-8-10-32(53(31)58)12-17-40(58)39(18-14-34)57(21-6-5-7-22-57)61-47(63)19-20-48(61)64/h8-10,12,17,19-20,23-26,34-35,38-40,54,56,59-60,62,65-67H,4-7,11,13-16,18,21-22,27-30H2,1-3H3. The molecule has 0 radical (unpaired) electrons. The molecular weight excluding hydrogens is 915 g/mol. The van der Waals surface area contributed by atoms with Crippen LogP contribution in [-0.2, 0) is 34.3 Å². The molecule has 8 atom stereocenters. The molecule has 2 amide bonds. The second-order valence-corrected chi connectivity index (χ2v) is 21.2. The van der Waals surface area contributed by atoms with E-state index < -0.39 is 35.1 Å². The monoisotopic (exact) mass is 979 g/mol. The number of nitrogens with one attached hydrogen (secondary N) is 2. The van der Waals surface area contributed by atoms with Crippen molar-refractivity contribution in [1.29, 1.82) is 0 Å². The minimum Gasteiger partial charge on any atom is -0.502 e. The topological polar surface area (TPSA) is 189 Å². The number of phenols is 1. The lowest BCUT2D eigenvalue weighted by molar-refractivity contribution is -0.155. The first-order valence-corrected chi connectivity index (χ1v) is 26.1. The fraction of sp³-hybridized carbons (Fsp3) is 0.483. The molecule has 8 unspecified atom stereocenters. The van der Waals surface area contributed by atoms with Crippen LogP contribution in [0.3, 0.4) is 0 Å². The van der Waals surface area contributed by atoms with Gasteiger partial charge in [-0.1, -0.05) is 56.5 Å². The van der Waals surface area contributed by atoms with Gasteiger partial charge in [-0.05, 0) is 116 Å². The molecule has 3 aliphatic heterocycles. The van der Waals surface area contributed by atoms with E-state index in [1.54, 1.807) is 24.1 Å². The van der Waals surface area contributed by atoms with E-state index in [0.29, 0.717) is 59.0 Å². The number of anilines is 1. The van der Waals surface area contributed by atoms with Crippen LogP contribution in [0.15, 0.2) is 60.7 Å². The predicted octanol–water partition coefficient (Wildman–Crippen LogP) is 7.92. The summed E-state index contributed by atoms with van der Waals surface area (Å²) < 4.78 is 31.3. The molecule has 2 saturated carbocycles. The Morgan fingerprint density at radius 1 is 0.861 bits per heavy atom. The molecule has 4 aromatic carbocycles. The van der Waals surface area contributed by atoms with Gasteiger partial charge in [0.2, 0.25) is 5.75 Å². The van der Waals surface area contributed by atoms with Crippen molar-refractivity contribution in [2.75, 3.05) is 52.6 Å². The summed E-state index contributed by atoms with van der Waals surface area (Å²) in [6.45, 7) is 2.92. The minimum absolute atomic E-state index is 0.0452. The summed E-state index contributed by atoms with van der Waals surface area (Å²) in [5.41, 5.74) is 8.56. The van der Waals surface area contributed by atoms with Crippen molar-refractivity contribution in [3.05, 3.63) is 105 Å². The van der Waals surface area contributed by atoms with Gasteiger partial charge < -0.3 is 49.4 Å². The van der Waals surface area contributed by atoms with Crippen molar-refractivity contribution in [3.8, 4) is 45.6 Å². The molecule has 0 spiro atoms. The van der Waals surface area contributed by atoms with Gasteiger partial charge in [0.05, 0.1) is 51.2 Å². The van der Waals surface area contributed by atoms with Crippen LogP contribution in [0.1, 0.15) is 121 Å². The van der Waals surface area contributed by atoms with Crippen LogP contribution in [0, 0.1) is 23.7 Å². The van der Waals surface area contributed by atoms with Gasteiger partial charge in [0.25, 0.3) is 11.8 Å². The van der Waals surface area contributed by atoms with E-state index in [4.69, 9.17) is 23.7 Å². The minimum atomic E-state index is -1.06. The van der Waals surface area contributed by atoms with Gasteiger partial charge >= 0.3 is 0 Å². The van der Waals surface area contributed by atoms with E-state index in [0.717, 1.165) is 85.6 Å². The van der Waals surface area contributed by atoms with Gasteiger partial charge in [-0.15, -0.1) is 0 Å². The lowest BCUT2D eigenvalue weighted by Crippen LogP contribution is -2.66. The molecule has 0 bridgehead atoms. The van der Waals surface area contributed by atoms with E-state index in [1.807, 2.05) is 19.1 Å². The molecule has 378 valence electrons. The molecule has 3 heterocycles. The molecule has 2 fully saturated rings. The molecule has 14 nitrogen and oxygen atoms in total. The number of fused-ring (bicyclic) bond motifs is 2. The molecular formula is C58H65N3O11. The molecule has 5 aliphatic carbocycles. The number of imide groups is 1. The third-order valence-corrected chi connectivity index (χ3v) is 18.2. The normalized spacial score (nSPS) is 27.2. The molecule has 0 aromatic heterocycles. The van der Waals surface area contributed by atoms with Gasteiger partial charge in [0.15, 0.2) is 17.7 Å². The second-order valence-electron chi connectivity index (χ2n) is 21.2. The van der Waals surface area contributed by atoms with Gasteiger partial charge in [-0.2, -0.15) is 0 Å². The van der Waals surface area contributed by atoms with Crippen LogP contribution in [-0.4, -0.2) is 90.0 Å². The molecule has 4 aromatic rings. The smallest absolute Gasteiger partial charge is 0.254 e. The van der Waals surface area contributed by atoms with E-state index >= 15 is 0 Å². The zero-order valence-corrected chi connectivity index (χ0v) is 41.3. The zero-order valence-electron chi connectivity index (χ0n) is 41.3. The first-order valence-electron chi connectivity index (χ1n) is 26.1. The van der Waals surface area contributed by atoms with Crippen LogP contribution in [0.25, 0.3) is 17.2 Å². The van der Waals surface area contributed by atoms with Gasteiger partial charge in [-0.3, -0.25) is 19.8 Å². The molecule has 14 heteroatoms. The number of amides is 2. The number of aromatic hydroxyl groups is 1. The van der Waals surface area contributed by atoms with Crippen LogP contribution < -0.4 is 34.3 Å². The van der Waals surface area contributed by atoms with Crippen molar-refractivity contribution >= 4 is 23.6 Å². The van der Waals surface area contributed by atoms with Crippen LogP contribution >= 0.6 is 0 Å². The molecule has 12 rings (SSSR count). The number of benzene rings is 4. The quantitative estimate of drug-likeness (QED) is 0.0407. The van der Waals surface area contributed by atoms with Crippen molar-refractivity contribution in [2.24, 2.45) is 23.7 Å². The number of hydrogen-bond acceptors (Lipinski definition) is 13. The lowest BCUT2D eigenvalue weighted by Gasteiger charge is -2.64. The van der Waals surface area contributed by atoms with E-state index in [2.05, 4.69) is 41.0 Å². The fourth-order valence-electron chi connectivity index (χ4n) is 15.4. The maximum atomic E-state index is 13.7. The number of carbonyl (C=O) groups is 2. The van der Waals surface area contributed by atoms with Crippen LogP contribution in [0.2, 0.25) is 0 Å². The Bertz CT molecular complexity index is 2910. The Hall–Kier alpha value is -6.06. The summed E-state index contributed by atoms with van der Waals surface area (Å²) in [4.78, 5) is 29.1. The average Bonchev–Trinajstić information content (AvgIpc) is 3.75. The highest BCUT2D eigenvalue weighted by Crippen LogP contribution is 2.65. The number of aliphatic hydroxyl groups is 3. The van der Waals surface area contributed by atoms with Crippen molar-refractivity contribution in [2.45, 2.75) is 107 Å². The summed E-state index contributed by atoms with van der Waals surface area (Å²) in [6.07, 6.45) is 14.5. The van der Waals surface area contributed by atoms with Gasteiger partial charge in [0, 0.05) is 69.5 Å². The summed E-state index contributed by atoms with van der Waals surface area (Å²) in [5.74, 6) is 0.374. The zero-order chi connectivity index (χ0) is 49.6. The number of allylic oxidation sites excluding steroid dienone is 1. The lowest BCUT2D eigenvalue weighted by atomic mass is 9.42. The fourth-order valence-corrected chi connectivity index (χ4v) is 15.4. The van der Waals surface area contributed by atoms with Crippen molar-refractivity contribution in [3.63, 3.8) is 0 Å². The molecule has 0 saturated heterocycles. The maximum absolute atomic E-state index is 13.7. The number of carbonyl (C=O) groups excluding carboxylic acids is 2. The third-order valence-electron chi connectivity index (χ3n) is 18.2. The van der Waals surface area contributed by atoms with Gasteiger partial charge in [-0.25, -0.2) is 0 Å². The number of hydrogen-bond donors (Lipinski definition) is 6. The number of phenolic OH excluding ortho intramolecular Hbond substituents is 1. The Labute approximate surface area is 420 Å². The number of nitrogens with zero attached hydrogens (tertiary/aromatic N) is 1. The third kappa shape index (κ3) is 6.88. The molecule has 72 heavy (non-hydrogen) atoms. The summed E-state index contributed by atoms with van der Waals surface area (Å²) in [6, 6.07) is 13.7. The Morgan fingerprint density at radius 2 is 1.64 bits per heavy atom. The van der Waals surface area contributed by atoms with E-state index in [-0.39, 0.29) is 73.4 Å². The number of aryl methyl sites for hydroxylation is 1. The van der Waals surface area contributed by atoms with Crippen molar-refractivity contribution < 1.29 is 53.7 Å². The van der Waals surface area contributed by atoms with Gasteiger partial charge in [0.1, 0.15) is 24.0 Å². The Kier molecular flexibility index (Phi) is 11.8. The summed E-state index contributed by atoms with van der Waals surface area (Å²) in [7, 11) is 3.12. The SMILES string of the molecule is CCNCOc1cc(OC)c2c3c1C(O)Nc1cc4c(c(c1-3)CC2)C(O)C(c1cc(OC)c(O)c(OCC(CO)C23c5c6cccc5CCC2CCC(C2(N5C(=O)C=CC5=O)CCCCC2)C3C=C6)c1)CO4. The average molecular weight is 980 g/mol. The number of rotatable bonds is 14. The number of aliphatic hydroxyl groups excluding tert-OH is 3. The van der Waals surface area contributed by atoms with Crippen molar-refractivity contribution in [1.82, 2.24) is 10.2 Å². The van der Waals surface area contributed by atoms with Crippen LogP contribution in [0.4, 0.5) is 5.69 Å². The van der Waals surface area contributed by atoms with Crippen LogP contribution in [0.5, 0.6) is 34.5 Å². The second kappa shape index (κ2) is 18.2.